The van der Waals surface area contributed by atoms with Gasteiger partial charge in [-0.1, -0.05) is 35.3 Å². The van der Waals surface area contributed by atoms with Gasteiger partial charge in [0, 0.05) is 38.1 Å². The summed E-state index contributed by atoms with van der Waals surface area (Å²) in [6.07, 6.45) is 3.35. The fraction of sp³-hybridized carbons (Fsp3) is 0.417. The number of piperidine rings is 1. The zero-order chi connectivity index (χ0) is 22.1. The van der Waals surface area contributed by atoms with E-state index in [2.05, 4.69) is 33.4 Å². The van der Waals surface area contributed by atoms with Gasteiger partial charge < -0.3 is 10.2 Å². The molecule has 2 amide bonds. The highest BCUT2D eigenvalue weighted by Gasteiger charge is 2.42. The number of likely N-dealkylation sites (tertiary alicyclic amines) is 2. The molecule has 2 aliphatic rings. The van der Waals surface area contributed by atoms with Crippen LogP contribution in [0.1, 0.15) is 30.4 Å². The molecule has 0 radical (unpaired) electrons. The third kappa shape index (κ3) is 4.74. The number of aromatic nitrogens is 1. The van der Waals surface area contributed by atoms with E-state index in [0.717, 1.165) is 56.6 Å². The highest BCUT2D eigenvalue weighted by Crippen LogP contribution is 2.39. The first-order chi connectivity index (χ1) is 15.5. The standard InChI is InChI=1S/C24H26Cl2N4OS/c25-19-4-2-18(10-20(19)26)13-29-9-7-24(14-29)6-1-8-30(15-24)23(31)27-12-17-3-5-22-21(11-17)28-16-32-22/h2-5,10-11,16H,1,6-9,12-15H2,(H,27,31). The van der Waals surface area contributed by atoms with Crippen molar-refractivity contribution < 1.29 is 4.79 Å². The van der Waals surface area contributed by atoms with Gasteiger partial charge >= 0.3 is 6.03 Å². The topological polar surface area (TPSA) is 48.5 Å². The molecular weight excluding hydrogens is 463 g/mol. The van der Waals surface area contributed by atoms with Gasteiger partial charge in [0.1, 0.15) is 0 Å². The number of hydrogen-bond acceptors (Lipinski definition) is 4. The lowest BCUT2D eigenvalue weighted by atomic mass is 9.79. The molecule has 2 fully saturated rings. The number of urea groups is 1. The first kappa shape index (κ1) is 22.0. The maximum atomic E-state index is 12.9. The van der Waals surface area contributed by atoms with Crippen molar-refractivity contribution in [3.05, 3.63) is 63.1 Å². The monoisotopic (exact) mass is 488 g/mol. The number of carbonyl (C=O) groups is 1. The molecular formula is C24H26Cl2N4OS. The molecule has 0 saturated carbocycles. The minimum Gasteiger partial charge on any atom is -0.334 e. The number of carbonyl (C=O) groups excluding carboxylic acids is 1. The number of benzene rings is 2. The van der Waals surface area contributed by atoms with E-state index in [4.69, 9.17) is 23.2 Å². The molecule has 1 spiro atoms. The Kier molecular flexibility index (Phi) is 6.30. The van der Waals surface area contributed by atoms with Gasteiger partial charge in [-0.05, 0) is 61.2 Å². The number of fused-ring (bicyclic) bond motifs is 1. The van der Waals surface area contributed by atoms with Gasteiger partial charge in [0.25, 0.3) is 0 Å². The van der Waals surface area contributed by atoms with Crippen LogP contribution in [0.2, 0.25) is 10.0 Å². The highest BCUT2D eigenvalue weighted by atomic mass is 35.5. The van der Waals surface area contributed by atoms with Crippen LogP contribution in [0.5, 0.6) is 0 Å². The van der Waals surface area contributed by atoms with E-state index in [1.807, 2.05) is 28.6 Å². The Hall–Kier alpha value is -1.86. The number of thiazole rings is 1. The molecule has 1 unspecified atom stereocenters. The predicted octanol–water partition coefficient (Wildman–Crippen LogP) is 5.80. The summed E-state index contributed by atoms with van der Waals surface area (Å²) in [6, 6.07) is 12.1. The minimum atomic E-state index is 0.0328. The maximum Gasteiger partial charge on any atom is 0.317 e. The minimum absolute atomic E-state index is 0.0328. The second kappa shape index (κ2) is 9.18. The van der Waals surface area contributed by atoms with Gasteiger partial charge in [0.15, 0.2) is 0 Å². The van der Waals surface area contributed by atoms with Crippen LogP contribution in [0.15, 0.2) is 41.9 Å². The maximum absolute atomic E-state index is 12.9. The van der Waals surface area contributed by atoms with Crippen LogP contribution in [0, 0.1) is 5.41 Å². The van der Waals surface area contributed by atoms with Crippen molar-refractivity contribution in [2.24, 2.45) is 5.41 Å². The van der Waals surface area contributed by atoms with Crippen molar-refractivity contribution in [1.29, 1.82) is 0 Å². The van der Waals surface area contributed by atoms with E-state index < -0.39 is 0 Å². The van der Waals surface area contributed by atoms with Gasteiger partial charge in [0.05, 0.1) is 25.8 Å². The molecule has 8 heteroatoms. The molecule has 168 valence electrons. The average molecular weight is 489 g/mol. The zero-order valence-electron chi connectivity index (χ0n) is 17.8. The Labute approximate surface area is 202 Å². The van der Waals surface area contributed by atoms with E-state index in [9.17, 15) is 4.79 Å². The summed E-state index contributed by atoms with van der Waals surface area (Å²) >= 11 is 13.9. The third-order valence-corrected chi connectivity index (χ3v) is 8.24. The molecule has 0 aliphatic carbocycles. The van der Waals surface area contributed by atoms with E-state index in [1.165, 1.54) is 16.7 Å². The van der Waals surface area contributed by atoms with Crippen LogP contribution in [-0.4, -0.2) is 47.0 Å². The van der Waals surface area contributed by atoms with Gasteiger partial charge in [-0.2, -0.15) is 0 Å². The highest BCUT2D eigenvalue weighted by molar-refractivity contribution is 7.16. The first-order valence-corrected chi connectivity index (χ1v) is 12.6. The molecule has 2 aliphatic heterocycles. The molecule has 1 N–H and O–H groups in total. The normalized spacial score (nSPS) is 21.5. The summed E-state index contributed by atoms with van der Waals surface area (Å²) in [4.78, 5) is 21.8. The van der Waals surface area contributed by atoms with Crippen molar-refractivity contribution in [3.63, 3.8) is 0 Å². The Morgan fingerprint density at radius 2 is 1.94 bits per heavy atom. The molecule has 1 atom stereocenters. The average Bonchev–Trinajstić information content (AvgIpc) is 3.41. The zero-order valence-corrected chi connectivity index (χ0v) is 20.1. The first-order valence-electron chi connectivity index (χ1n) is 11.0. The van der Waals surface area contributed by atoms with Crippen molar-refractivity contribution in [1.82, 2.24) is 20.1 Å². The summed E-state index contributed by atoms with van der Waals surface area (Å²) in [5.41, 5.74) is 5.29. The molecule has 2 saturated heterocycles. The van der Waals surface area contributed by atoms with Crippen LogP contribution < -0.4 is 5.32 Å². The Morgan fingerprint density at radius 3 is 2.81 bits per heavy atom. The van der Waals surface area contributed by atoms with Gasteiger partial charge in [-0.3, -0.25) is 4.90 Å². The van der Waals surface area contributed by atoms with Crippen LogP contribution >= 0.6 is 34.5 Å². The number of amides is 2. The third-order valence-electron chi connectivity index (χ3n) is 6.69. The predicted molar refractivity (Wildman–Crippen MR) is 131 cm³/mol. The molecule has 3 aromatic rings. The molecule has 32 heavy (non-hydrogen) atoms. The van der Waals surface area contributed by atoms with Gasteiger partial charge in [-0.15, -0.1) is 11.3 Å². The quantitative estimate of drug-likeness (QED) is 0.504. The number of halogens is 2. The number of nitrogens with one attached hydrogen (secondary N) is 1. The van der Waals surface area contributed by atoms with Crippen molar-refractivity contribution >= 4 is 50.8 Å². The van der Waals surface area contributed by atoms with Crippen LogP contribution in [0.3, 0.4) is 0 Å². The van der Waals surface area contributed by atoms with Crippen molar-refractivity contribution in [2.45, 2.75) is 32.4 Å². The van der Waals surface area contributed by atoms with E-state index in [-0.39, 0.29) is 11.4 Å². The number of rotatable bonds is 4. The fourth-order valence-electron chi connectivity index (χ4n) is 5.08. The Bertz CT molecular complexity index is 1140. The summed E-state index contributed by atoms with van der Waals surface area (Å²) in [6.45, 7) is 5.09. The molecule has 2 aromatic carbocycles. The lowest BCUT2D eigenvalue weighted by Gasteiger charge is -2.40. The summed E-state index contributed by atoms with van der Waals surface area (Å²) in [5, 5.41) is 4.31. The second-order valence-corrected chi connectivity index (χ2v) is 10.7. The molecule has 0 bridgehead atoms. The number of hydrogen-bond donors (Lipinski definition) is 1. The summed E-state index contributed by atoms with van der Waals surface area (Å²) in [7, 11) is 0. The second-order valence-electron chi connectivity index (χ2n) is 9.05. The molecule has 5 rings (SSSR count). The van der Waals surface area contributed by atoms with E-state index in [0.29, 0.717) is 16.6 Å². The Balaban J connectivity index is 1.17. The van der Waals surface area contributed by atoms with Crippen LogP contribution in [-0.2, 0) is 13.1 Å². The molecule has 1 aromatic heterocycles. The van der Waals surface area contributed by atoms with E-state index in [1.54, 1.807) is 11.3 Å². The van der Waals surface area contributed by atoms with Crippen molar-refractivity contribution in [2.75, 3.05) is 26.2 Å². The summed E-state index contributed by atoms with van der Waals surface area (Å²) < 4.78 is 1.17. The van der Waals surface area contributed by atoms with Crippen molar-refractivity contribution in [3.8, 4) is 0 Å². The van der Waals surface area contributed by atoms with Gasteiger partial charge in [0.2, 0.25) is 0 Å². The van der Waals surface area contributed by atoms with Gasteiger partial charge in [-0.25, -0.2) is 9.78 Å². The Morgan fingerprint density at radius 1 is 1.06 bits per heavy atom. The fourth-order valence-corrected chi connectivity index (χ4v) is 6.06. The molecule has 5 nitrogen and oxygen atoms in total. The lowest BCUT2D eigenvalue weighted by molar-refractivity contribution is 0.107. The number of nitrogens with zero attached hydrogens (tertiary/aromatic N) is 3. The SMILES string of the molecule is O=C(NCc1ccc2scnc2c1)N1CCCC2(CCN(Cc3ccc(Cl)c(Cl)c3)C2)C1. The lowest BCUT2D eigenvalue weighted by Crippen LogP contribution is -2.50. The summed E-state index contributed by atoms with van der Waals surface area (Å²) in [5.74, 6) is 0. The smallest absolute Gasteiger partial charge is 0.317 e. The van der Waals surface area contributed by atoms with Crippen LogP contribution in [0.25, 0.3) is 10.2 Å². The molecule has 3 heterocycles. The van der Waals surface area contributed by atoms with E-state index >= 15 is 0 Å². The largest absolute Gasteiger partial charge is 0.334 e. The van der Waals surface area contributed by atoms with Crippen LogP contribution in [0.4, 0.5) is 4.79 Å².